The molecule has 1 aliphatic rings. The van der Waals surface area contributed by atoms with E-state index in [2.05, 4.69) is 4.98 Å². The Balaban J connectivity index is 2.37. The maximum absolute atomic E-state index is 12.2. The lowest BCUT2D eigenvalue weighted by atomic mass is 10.2. The van der Waals surface area contributed by atoms with Crippen LogP contribution in [0.15, 0.2) is 12.3 Å². The Morgan fingerprint density at radius 3 is 2.95 bits per heavy atom. The van der Waals surface area contributed by atoms with Gasteiger partial charge in [0.2, 0.25) is 0 Å². The van der Waals surface area contributed by atoms with Crippen molar-refractivity contribution >= 4 is 33.1 Å². The summed E-state index contributed by atoms with van der Waals surface area (Å²) in [6, 6.07) is 1.77. The third-order valence-electron chi connectivity index (χ3n) is 3.33. The van der Waals surface area contributed by atoms with Crippen molar-refractivity contribution in [1.82, 2.24) is 4.98 Å². The van der Waals surface area contributed by atoms with Crippen LogP contribution in [-0.2, 0) is 9.84 Å². The van der Waals surface area contributed by atoms with E-state index < -0.39 is 15.2 Å². The molecular formula is C12H19N3O2S2. The molecule has 1 fully saturated rings. The maximum atomic E-state index is 12.2. The summed E-state index contributed by atoms with van der Waals surface area (Å²) in [6.45, 7) is 4.26. The van der Waals surface area contributed by atoms with E-state index in [0.717, 1.165) is 11.3 Å². The van der Waals surface area contributed by atoms with Crippen molar-refractivity contribution in [2.24, 2.45) is 0 Å². The number of hydrogen-bond acceptors (Lipinski definition) is 6. The molecule has 2 heterocycles. The number of nitrogens with two attached hydrogens (primary N) is 1. The van der Waals surface area contributed by atoms with Gasteiger partial charge in [-0.2, -0.15) is 11.8 Å². The van der Waals surface area contributed by atoms with Crippen LogP contribution in [0, 0.1) is 6.92 Å². The quantitative estimate of drug-likeness (QED) is 0.906. The Morgan fingerprint density at radius 1 is 1.58 bits per heavy atom. The Labute approximate surface area is 118 Å². The van der Waals surface area contributed by atoms with Crippen molar-refractivity contribution in [1.29, 1.82) is 0 Å². The molecule has 0 spiro atoms. The zero-order chi connectivity index (χ0) is 14.0. The molecule has 0 radical (unpaired) electrons. The second-order valence-electron chi connectivity index (χ2n) is 4.57. The second kappa shape index (κ2) is 5.58. The van der Waals surface area contributed by atoms with Gasteiger partial charge in [-0.3, -0.25) is 0 Å². The molecule has 1 atom stereocenters. The fourth-order valence-electron chi connectivity index (χ4n) is 2.02. The minimum absolute atomic E-state index is 0.149. The first-order valence-electron chi connectivity index (χ1n) is 6.23. The first kappa shape index (κ1) is 14.5. The average molecular weight is 301 g/mol. The topological polar surface area (TPSA) is 76.3 Å². The van der Waals surface area contributed by atoms with E-state index in [0.29, 0.717) is 23.8 Å². The standard InChI is InChI=1S/C12H19N3O2S2/c1-3-19(16,17)12-8-18-5-4-15(12)11-6-10(13)9(2)7-14-11/h6-7,12H,3-5,8H2,1-2H3,(H2,13,14). The smallest absolute Gasteiger partial charge is 0.171 e. The molecule has 1 unspecified atom stereocenters. The summed E-state index contributed by atoms with van der Waals surface area (Å²) in [5.41, 5.74) is 7.45. The monoisotopic (exact) mass is 301 g/mol. The minimum Gasteiger partial charge on any atom is -0.398 e. The average Bonchev–Trinajstić information content (AvgIpc) is 2.42. The van der Waals surface area contributed by atoms with Crippen molar-refractivity contribution in [3.05, 3.63) is 17.8 Å². The predicted octanol–water partition coefficient (Wildman–Crippen LogP) is 1.29. The molecule has 0 amide bonds. The van der Waals surface area contributed by atoms with Gasteiger partial charge in [-0.1, -0.05) is 6.92 Å². The summed E-state index contributed by atoms with van der Waals surface area (Å²) >= 11 is 1.67. The predicted molar refractivity (Wildman–Crippen MR) is 81.3 cm³/mol. The van der Waals surface area contributed by atoms with E-state index in [1.165, 1.54) is 0 Å². The number of thioether (sulfide) groups is 1. The zero-order valence-electron chi connectivity index (χ0n) is 11.2. The zero-order valence-corrected chi connectivity index (χ0v) is 12.8. The molecule has 2 rings (SSSR count). The van der Waals surface area contributed by atoms with E-state index in [4.69, 9.17) is 5.73 Å². The van der Waals surface area contributed by atoms with Crippen molar-refractivity contribution in [2.75, 3.05) is 34.4 Å². The molecule has 5 nitrogen and oxygen atoms in total. The number of sulfone groups is 1. The van der Waals surface area contributed by atoms with Gasteiger partial charge in [-0.25, -0.2) is 13.4 Å². The highest BCUT2D eigenvalue weighted by atomic mass is 32.2. The second-order valence-corrected chi connectivity index (χ2v) is 8.17. The number of anilines is 2. The first-order chi connectivity index (χ1) is 8.95. The lowest BCUT2D eigenvalue weighted by Gasteiger charge is -2.35. The van der Waals surface area contributed by atoms with Gasteiger partial charge in [-0.15, -0.1) is 0 Å². The number of hydrogen-bond donors (Lipinski definition) is 1. The van der Waals surface area contributed by atoms with Gasteiger partial charge in [0.1, 0.15) is 11.2 Å². The van der Waals surface area contributed by atoms with Crippen LogP contribution in [0.3, 0.4) is 0 Å². The van der Waals surface area contributed by atoms with Gasteiger partial charge in [-0.05, 0) is 12.5 Å². The molecular weight excluding hydrogens is 282 g/mol. The van der Waals surface area contributed by atoms with E-state index in [-0.39, 0.29) is 5.75 Å². The molecule has 7 heteroatoms. The minimum atomic E-state index is -3.12. The van der Waals surface area contributed by atoms with Crippen LogP contribution in [0.25, 0.3) is 0 Å². The van der Waals surface area contributed by atoms with Crippen LogP contribution in [0.5, 0.6) is 0 Å². The van der Waals surface area contributed by atoms with Gasteiger partial charge >= 0.3 is 0 Å². The summed E-state index contributed by atoms with van der Waals surface area (Å²) in [4.78, 5) is 6.20. The summed E-state index contributed by atoms with van der Waals surface area (Å²) in [5, 5.41) is -0.495. The fraction of sp³-hybridized carbons (Fsp3) is 0.583. The van der Waals surface area contributed by atoms with E-state index in [1.807, 2.05) is 11.8 Å². The Kier molecular flexibility index (Phi) is 4.25. The Morgan fingerprint density at radius 2 is 2.32 bits per heavy atom. The summed E-state index contributed by atoms with van der Waals surface area (Å²) in [6.07, 6.45) is 1.70. The molecule has 1 aromatic rings. The molecule has 19 heavy (non-hydrogen) atoms. The van der Waals surface area contributed by atoms with Crippen molar-refractivity contribution in [2.45, 2.75) is 19.2 Å². The number of rotatable bonds is 3. The summed E-state index contributed by atoms with van der Waals surface area (Å²) in [5.74, 6) is 2.30. The van der Waals surface area contributed by atoms with Crippen molar-refractivity contribution < 1.29 is 8.42 Å². The Hall–Kier alpha value is -0.950. The van der Waals surface area contributed by atoms with E-state index in [1.54, 1.807) is 30.9 Å². The van der Waals surface area contributed by atoms with Crippen LogP contribution >= 0.6 is 11.8 Å². The number of aromatic nitrogens is 1. The maximum Gasteiger partial charge on any atom is 0.171 e. The highest BCUT2D eigenvalue weighted by Gasteiger charge is 2.33. The van der Waals surface area contributed by atoms with Gasteiger partial charge in [0.05, 0.1) is 0 Å². The number of aryl methyl sites for hydroxylation is 1. The van der Waals surface area contributed by atoms with E-state index >= 15 is 0 Å². The van der Waals surface area contributed by atoms with Crippen molar-refractivity contribution in [3.63, 3.8) is 0 Å². The fourth-order valence-corrected chi connectivity index (χ4v) is 5.00. The van der Waals surface area contributed by atoms with Gasteiger partial charge in [0.15, 0.2) is 9.84 Å². The molecule has 0 bridgehead atoms. The molecule has 1 saturated heterocycles. The molecule has 0 aliphatic carbocycles. The van der Waals surface area contributed by atoms with Crippen LogP contribution < -0.4 is 10.6 Å². The highest BCUT2D eigenvalue weighted by molar-refractivity contribution is 8.01. The van der Waals surface area contributed by atoms with Crippen molar-refractivity contribution in [3.8, 4) is 0 Å². The third kappa shape index (κ3) is 2.97. The number of pyridine rings is 1. The number of nitrogens with zero attached hydrogens (tertiary/aromatic N) is 2. The van der Waals surface area contributed by atoms with Crippen LogP contribution in [0.2, 0.25) is 0 Å². The molecule has 106 valence electrons. The van der Waals surface area contributed by atoms with Crippen LogP contribution in [-0.4, -0.2) is 42.6 Å². The van der Waals surface area contributed by atoms with Gasteiger partial charge in [0.25, 0.3) is 0 Å². The highest BCUT2D eigenvalue weighted by Crippen LogP contribution is 2.27. The lowest BCUT2D eigenvalue weighted by molar-refractivity contribution is 0.579. The molecule has 1 aromatic heterocycles. The SMILES string of the molecule is CCS(=O)(=O)C1CSCCN1c1cc(N)c(C)cn1. The molecule has 1 aliphatic heterocycles. The van der Waals surface area contributed by atoms with E-state index in [9.17, 15) is 8.42 Å². The normalized spacial score (nSPS) is 20.5. The third-order valence-corrected chi connectivity index (χ3v) is 6.61. The van der Waals surface area contributed by atoms with Crippen LogP contribution in [0.1, 0.15) is 12.5 Å². The lowest BCUT2D eigenvalue weighted by Crippen LogP contribution is -2.48. The summed E-state index contributed by atoms with van der Waals surface area (Å²) in [7, 11) is -3.12. The largest absolute Gasteiger partial charge is 0.398 e. The molecule has 0 aromatic carbocycles. The van der Waals surface area contributed by atoms with Gasteiger partial charge < -0.3 is 10.6 Å². The van der Waals surface area contributed by atoms with Crippen LogP contribution in [0.4, 0.5) is 11.5 Å². The Bertz CT molecular complexity index is 560. The van der Waals surface area contributed by atoms with Gasteiger partial charge in [0, 0.05) is 41.8 Å². The summed E-state index contributed by atoms with van der Waals surface area (Å²) < 4.78 is 24.4. The molecule has 0 saturated carbocycles. The first-order valence-corrected chi connectivity index (χ1v) is 9.11. The number of nitrogen functional groups attached to an aromatic ring is 1. The molecule has 2 N–H and O–H groups in total.